The lowest BCUT2D eigenvalue weighted by molar-refractivity contribution is -0.159. The van der Waals surface area contributed by atoms with Gasteiger partial charge in [0.2, 0.25) is 5.91 Å². The van der Waals surface area contributed by atoms with E-state index in [1.807, 2.05) is 31.2 Å². The molecule has 1 fully saturated rings. The van der Waals surface area contributed by atoms with Crippen LogP contribution in [0.1, 0.15) is 17.7 Å². The van der Waals surface area contributed by atoms with Gasteiger partial charge in [0.25, 0.3) is 5.91 Å². The Morgan fingerprint density at radius 3 is 2.61 bits per heavy atom. The molecule has 6 nitrogen and oxygen atoms in total. The fraction of sp³-hybridized carbons (Fsp3) is 0.412. The Hall–Kier alpha value is -2.34. The van der Waals surface area contributed by atoms with Crippen LogP contribution in [0.15, 0.2) is 24.3 Å². The monoisotopic (exact) mass is 315 g/mol. The number of nitrogens with one attached hydrogen (secondary N) is 1. The van der Waals surface area contributed by atoms with Gasteiger partial charge in [-0.25, -0.2) is 5.01 Å². The maximum absolute atomic E-state index is 12.7. The number of hydrogen-bond donors (Lipinski definition) is 1. The van der Waals surface area contributed by atoms with Crippen molar-refractivity contribution in [1.29, 1.82) is 0 Å². The predicted molar refractivity (Wildman–Crippen MR) is 86.7 cm³/mol. The number of ether oxygens (including phenoxy) is 1. The molecule has 2 amide bonds. The first-order valence-electron chi connectivity index (χ1n) is 7.77. The van der Waals surface area contributed by atoms with E-state index >= 15 is 0 Å². The zero-order valence-corrected chi connectivity index (χ0v) is 13.5. The van der Waals surface area contributed by atoms with Crippen LogP contribution in [-0.4, -0.2) is 53.6 Å². The highest BCUT2D eigenvalue weighted by Gasteiger charge is 2.30. The van der Waals surface area contributed by atoms with Crippen LogP contribution in [0.3, 0.4) is 0 Å². The normalized spacial score (nSPS) is 14.7. The van der Waals surface area contributed by atoms with Gasteiger partial charge in [0.15, 0.2) is 0 Å². The molecule has 1 aliphatic rings. The lowest BCUT2D eigenvalue weighted by Gasteiger charge is -2.27. The van der Waals surface area contributed by atoms with E-state index in [0.29, 0.717) is 13.1 Å². The highest BCUT2D eigenvalue weighted by molar-refractivity contribution is 5.91. The standard InChI is InChI=1S/C17H21N3O3/c1-12-14(13-6-3-4-7-15(13)18-12)10-16(21)19-8-5-9-20(19)17(22)11-23-2/h3-4,6-7,18H,5,8-11H2,1-2H3. The number of aryl methyl sites for hydroxylation is 1. The number of para-hydroxylation sites is 1. The second-order valence-electron chi connectivity index (χ2n) is 5.77. The Bertz CT molecular complexity index is 738. The van der Waals surface area contributed by atoms with Gasteiger partial charge >= 0.3 is 0 Å². The minimum atomic E-state index is -0.172. The van der Waals surface area contributed by atoms with Crippen molar-refractivity contribution in [2.24, 2.45) is 0 Å². The Kier molecular flexibility index (Phi) is 4.34. The molecule has 0 aliphatic carbocycles. The molecule has 0 unspecified atom stereocenters. The van der Waals surface area contributed by atoms with E-state index in [9.17, 15) is 9.59 Å². The largest absolute Gasteiger partial charge is 0.375 e. The van der Waals surface area contributed by atoms with Crippen LogP contribution in [0.5, 0.6) is 0 Å². The van der Waals surface area contributed by atoms with Crippen molar-refractivity contribution < 1.29 is 14.3 Å². The molecule has 1 N–H and O–H groups in total. The summed E-state index contributed by atoms with van der Waals surface area (Å²) in [6.45, 7) is 3.12. The molecule has 6 heteroatoms. The van der Waals surface area contributed by atoms with Crippen LogP contribution in [0.2, 0.25) is 0 Å². The fourth-order valence-corrected chi connectivity index (χ4v) is 3.13. The molecule has 2 heterocycles. The summed E-state index contributed by atoms with van der Waals surface area (Å²) in [4.78, 5) is 28.1. The summed E-state index contributed by atoms with van der Waals surface area (Å²) < 4.78 is 4.89. The molecular weight excluding hydrogens is 294 g/mol. The number of nitrogens with zero attached hydrogens (tertiary/aromatic N) is 2. The van der Waals surface area contributed by atoms with Crippen molar-refractivity contribution in [2.75, 3.05) is 26.8 Å². The molecule has 2 aromatic rings. The summed E-state index contributed by atoms with van der Waals surface area (Å²) in [5.41, 5.74) is 3.02. The van der Waals surface area contributed by atoms with Crippen LogP contribution < -0.4 is 0 Å². The van der Waals surface area contributed by atoms with Gasteiger partial charge in [-0.05, 0) is 25.0 Å². The van der Waals surface area contributed by atoms with Crippen molar-refractivity contribution in [3.05, 3.63) is 35.5 Å². The molecule has 1 aromatic carbocycles. The number of rotatable bonds is 4. The quantitative estimate of drug-likeness (QED) is 0.933. The third kappa shape index (κ3) is 2.94. The maximum atomic E-state index is 12.7. The number of amides is 2. The fourth-order valence-electron chi connectivity index (χ4n) is 3.13. The maximum Gasteiger partial charge on any atom is 0.267 e. The summed E-state index contributed by atoms with van der Waals surface area (Å²) >= 11 is 0. The Balaban J connectivity index is 1.80. The molecule has 1 saturated heterocycles. The topological polar surface area (TPSA) is 65.6 Å². The molecule has 0 saturated carbocycles. The lowest BCUT2D eigenvalue weighted by Crippen LogP contribution is -2.46. The SMILES string of the molecule is COCC(=O)N1CCCN1C(=O)Cc1c(C)[nH]c2ccccc12. The number of aromatic amines is 1. The summed E-state index contributed by atoms with van der Waals surface area (Å²) in [7, 11) is 1.48. The minimum Gasteiger partial charge on any atom is -0.375 e. The lowest BCUT2D eigenvalue weighted by atomic mass is 10.1. The third-order valence-electron chi connectivity index (χ3n) is 4.23. The first kappa shape index (κ1) is 15.6. The Morgan fingerprint density at radius 1 is 1.17 bits per heavy atom. The van der Waals surface area contributed by atoms with Crippen molar-refractivity contribution in [2.45, 2.75) is 19.8 Å². The van der Waals surface area contributed by atoms with Gasteiger partial charge in [-0.1, -0.05) is 18.2 Å². The number of fused-ring (bicyclic) bond motifs is 1. The van der Waals surface area contributed by atoms with Crippen LogP contribution in [0.4, 0.5) is 0 Å². The van der Waals surface area contributed by atoms with Crippen LogP contribution in [0.25, 0.3) is 10.9 Å². The number of aromatic nitrogens is 1. The van der Waals surface area contributed by atoms with E-state index in [2.05, 4.69) is 4.98 Å². The highest BCUT2D eigenvalue weighted by Crippen LogP contribution is 2.23. The predicted octanol–water partition coefficient (Wildman–Crippen LogP) is 1.64. The summed E-state index contributed by atoms with van der Waals surface area (Å²) in [5.74, 6) is -0.228. The number of hydrazine groups is 1. The van der Waals surface area contributed by atoms with Crippen LogP contribution >= 0.6 is 0 Å². The van der Waals surface area contributed by atoms with Gasteiger partial charge in [0.1, 0.15) is 6.61 Å². The van der Waals surface area contributed by atoms with Crippen molar-refractivity contribution in [3.8, 4) is 0 Å². The minimum absolute atomic E-state index is 0.00407. The molecule has 0 spiro atoms. The summed E-state index contributed by atoms with van der Waals surface area (Å²) in [6, 6.07) is 7.95. The first-order valence-corrected chi connectivity index (χ1v) is 7.77. The molecule has 23 heavy (non-hydrogen) atoms. The molecule has 3 rings (SSSR count). The molecule has 1 aliphatic heterocycles. The van der Waals surface area contributed by atoms with E-state index < -0.39 is 0 Å². The van der Waals surface area contributed by atoms with E-state index in [1.165, 1.54) is 12.1 Å². The Morgan fingerprint density at radius 2 is 1.87 bits per heavy atom. The van der Waals surface area contributed by atoms with Gasteiger partial charge in [0.05, 0.1) is 6.42 Å². The summed E-state index contributed by atoms with van der Waals surface area (Å²) in [6.07, 6.45) is 1.08. The number of methoxy groups -OCH3 is 1. The van der Waals surface area contributed by atoms with Gasteiger partial charge in [-0.15, -0.1) is 0 Å². The molecule has 0 bridgehead atoms. The molecule has 0 radical (unpaired) electrons. The molecular formula is C17H21N3O3. The molecule has 122 valence electrons. The summed E-state index contributed by atoms with van der Waals surface area (Å²) in [5, 5.41) is 4.13. The van der Waals surface area contributed by atoms with E-state index in [4.69, 9.17) is 4.74 Å². The van der Waals surface area contributed by atoms with E-state index in [1.54, 1.807) is 5.01 Å². The van der Waals surface area contributed by atoms with E-state index in [-0.39, 0.29) is 24.8 Å². The number of benzene rings is 1. The van der Waals surface area contributed by atoms with Crippen LogP contribution in [-0.2, 0) is 20.7 Å². The zero-order chi connectivity index (χ0) is 16.4. The second kappa shape index (κ2) is 6.42. The smallest absolute Gasteiger partial charge is 0.267 e. The van der Waals surface area contributed by atoms with E-state index in [0.717, 1.165) is 28.6 Å². The van der Waals surface area contributed by atoms with Gasteiger partial charge in [-0.3, -0.25) is 14.6 Å². The van der Waals surface area contributed by atoms with Gasteiger partial charge < -0.3 is 9.72 Å². The number of H-pyrrole nitrogens is 1. The van der Waals surface area contributed by atoms with Gasteiger partial charge in [0, 0.05) is 36.8 Å². The van der Waals surface area contributed by atoms with Crippen LogP contribution in [0, 0.1) is 6.92 Å². The Labute approximate surface area is 135 Å². The highest BCUT2D eigenvalue weighted by atomic mass is 16.5. The zero-order valence-electron chi connectivity index (χ0n) is 13.5. The number of carbonyl (C=O) groups excluding carboxylic acids is 2. The third-order valence-corrected chi connectivity index (χ3v) is 4.23. The van der Waals surface area contributed by atoms with Crippen molar-refractivity contribution in [3.63, 3.8) is 0 Å². The van der Waals surface area contributed by atoms with Crippen molar-refractivity contribution >= 4 is 22.7 Å². The average molecular weight is 315 g/mol. The molecule has 1 aromatic heterocycles. The second-order valence-corrected chi connectivity index (χ2v) is 5.77. The number of carbonyl (C=O) groups is 2. The van der Waals surface area contributed by atoms with Crippen molar-refractivity contribution in [1.82, 2.24) is 15.0 Å². The first-order chi connectivity index (χ1) is 11.1. The number of hydrogen-bond acceptors (Lipinski definition) is 3. The van der Waals surface area contributed by atoms with Gasteiger partial charge in [-0.2, -0.15) is 0 Å². The molecule has 0 atom stereocenters. The average Bonchev–Trinajstić information content (AvgIpc) is 3.13.